The molecule has 144 valence electrons. The van der Waals surface area contributed by atoms with Crippen LogP contribution in [-0.2, 0) is 10.0 Å². The van der Waals surface area contributed by atoms with Gasteiger partial charge in [0.15, 0.2) is 0 Å². The van der Waals surface area contributed by atoms with E-state index in [0.717, 1.165) is 12.8 Å². The van der Waals surface area contributed by atoms with Gasteiger partial charge in [0, 0.05) is 23.7 Å². The summed E-state index contributed by atoms with van der Waals surface area (Å²) in [6.07, 6.45) is 1.75. The molecule has 0 bridgehead atoms. The van der Waals surface area contributed by atoms with E-state index >= 15 is 0 Å². The highest BCUT2D eigenvalue weighted by Gasteiger charge is 2.28. The van der Waals surface area contributed by atoms with Gasteiger partial charge < -0.3 is 9.64 Å². The summed E-state index contributed by atoms with van der Waals surface area (Å²) in [5.41, 5.74) is 0.422. The largest absolute Gasteiger partial charge is 0.492 e. The number of sulfonamides is 1. The van der Waals surface area contributed by atoms with Crippen LogP contribution in [0.15, 0.2) is 53.4 Å². The van der Waals surface area contributed by atoms with Gasteiger partial charge >= 0.3 is 0 Å². The molecule has 1 saturated carbocycles. The Hall–Kier alpha value is -2.09. The second-order valence-corrected chi connectivity index (χ2v) is 8.60. The summed E-state index contributed by atoms with van der Waals surface area (Å²) < 4.78 is 32.5. The van der Waals surface area contributed by atoms with E-state index in [1.807, 2.05) is 0 Å². The first-order valence-electron chi connectivity index (χ1n) is 8.61. The first-order chi connectivity index (χ1) is 12.8. The predicted molar refractivity (Wildman–Crippen MR) is 104 cm³/mol. The topological polar surface area (TPSA) is 75.7 Å². The molecule has 1 fully saturated rings. The van der Waals surface area contributed by atoms with E-state index in [1.54, 1.807) is 31.3 Å². The van der Waals surface area contributed by atoms with Gasteiger partial charge in [0.2, 0.25) is 10.0 Å². The lowest BCUT2D eigenvalue weighted by Gasteiger charge is -2.18. The van der Waals surface area contributed by atoms with E-state index in [0.29, 0.717) is 29.5 Å². The number of benzene rings is 2. The third-order valence-corrected chi connectivity index (χ3v) is 5.92. The van der Waals surface area contributed by atoms with Crippen molar-refractivity contribution in [3.8, 4) is 5.75 Å². The third kappa shape index (κ3) is 5.45. The van der Waals surface area contributed by atoms with E-state index in [2.05, 4.69) is 4.72 Å². The number of halogens is 1. The molecule has 0 unspecified atom stereocenters. The summed E-state index contributed by atoms with van der Waals surface area (Å²) in [6, 6.07) is 13.1. The van der Waals surface area contributed by atoms with E-state index < -0.39 is 10.0 Å². The Labute approximate surface area is 164 Å². The second-order valence-electron chi connectivity index (χ2n) is 6.45. The van der Waals surface area contributed by atoms with Crippen LogP contribution in [-0.4, -0.2) is 45.5 Å². The molecular formula is C19H21ClN2O4S. The van der Waals surface area contributed by atoms with Crippen LogP contribution in [0.25, 0.3) is 0 Å². The van der Waals surface area contributed by atoms with Crippen molar-refractivity contribution < 1.29 is 17.9 Å². The van der Waals surface area contributed by atoms with Crippen LogP contribution in [0.4, 0.5) is 0 Å². The maximum absolute atomic E-state index is 12.5. The zero-order valence-corrected chi connectivity index (χ0v) is 16.5. The van der Waals surface area contributed by atoms with Crippen LogP contribution in [0, 0.1) is 0 Å². The Morgan fingerprint density at radius 3 is 2.56 bits per heavy atom. The Morgan fingerprint density at radius 1 is 1.22 bits per heavy atom. The van der Waals surface area contributed by atoms with Gasteiger partial charge in [0.1, 0.15) is 12.4 Å². The fourth-order valence-corrected chi connectivity index (χ4v) is 3.93. The maximum Gasteiger partial charge on any atom is 0.253 e. The minimum atomic E-state index is -3.51. The van der Waals surface area contributed by atoms with Crippen molar-refractivity contribution in [3.05, 3.63) is 59.1 Å². The molecule has 1 aliphatic carbocycles. The lowest BCUT2D eigenvalue weighted by Crippen LogP contribution is -2.31. The van der Waals surface area contributed by atoms with Gasteiger partial charge in [-0.2, -0.15) is 0 Å². The molecule has 0 atom stereocenters. The molecule has 1 N–H and O–H groups in total. The second kappa shape index (κ2) is 8.29. The predicted octanol–water partition coefficient (Wildman–Crippen LogP) is 2.93. The first kappa shape index (κ1) is 19.7. The molecule has 1 aliphatic rings. The highest BCUT2D eigenvalue weighted by Crippen LogP contribution is 2.22. The number of hydrogen-bond acceptors (Lipinski definition) is 4. The van der Waals surface area contributed by atoms with Crippen LogP contribution < -0.4 is 9.46 Å². The summed E-state index contributed by atoms with van der Waals surface area (Å²) >= 11 is 5.90. The fourth-order valence-electron chi connectivity index (χ4n) is 2.44. The number of ether oxygens (including phenoxy) is 1. The van der Waals surface area contributed by atoms with E-state index in [9.17, 15) is 13.2 Å². The van der Waals surface area contributed by atoms with Crippen molar-refractivity contribution in [2.24, 2.45) is 0 Å². The quantitative estimate of drug-likeness (QED) is 0.728. The van der Waals surface area contributed by atoms with Gasteiger partial charge in [-0.1, -0.05) is 17.7 Å². The van der Waals surface area contributed by atoms with Crippen molar-refractivity contribution in [3.63, 3.8) is 0 Å². The lowest BCUT2D eigenvalue weighted by atomic mass is 10.2. The minimum Gasteiger partial charge on any atom is -0.492 e. The summed E-state index contributed by atoms with van der Waals surface area (Å²) in [7, 11) is -1.84. The van der Waals surface area contributed by atoms with Gasteiger partial charge in [-0.15, -0.1) is 0 Å². The Bertz CT molecular complexity index is 912. The van der Waals surface area contributed by atoms with Crippen molar-refractivity contribution >= 4 is 27.5 Å². The lowest BCUT2D eigenvalue weighted by molar-refractivity contribution is 0.0773. The Morgan fingerprint density at radius 2 is 1.93 bits per heavy atom. The number of carbonyl (C=O) groups is 1. The van der Waals surface area contributed by atoms with E-state index in [4.69, 9.17) is 16.3 Å². The van der Waals surface area contributed by atoms with Gasteiger partial charge in [-0.25, -0.2) is 13.1 Å². The summed E-state index contributed by atoms with van der Waals surface area (Å²) in [6.45, 7) is 0.703. The average Bonchev–Trinajstić information content (AvgIpc) is 3.44. The molecular weight excluding hydrogens is 388 g/mol. The summed E-state index contributed by atoms with van der Waals surface area (Å²) in [5, 5.41) is 0.586. The molecule has 0 radical (unpaired) electrons. The molecule has 2 aromatic rings. The molecule has 0 heterocycles. The van der Waals surface area contributed by atoms with Crippen molar-refractivity contribution in [2.75, 3.05) is 20.2 Å². The monoisotopic (exact) mass is 408 g/mol. The zero-order chi connectivity index (χ0) is 19.4. The number of hydrogen-bond donors (Lipinski definition) is 1. The summed E-state index contributed by atoms with van der Waals surface area (Å²) in [4.78, 5) is 14.2. The number of carbonyl (C=O) groups excluding carboxylic acids is 1. The van der Waals surface area contributed by atoms with Crippen LogP contribution in [0.2, 0.25) is 5.02 Å². The normalized spacial score (nSPS) is 14.0. The molecule has 0 spiro atoms. The minimum absolute atomic E-state index is 0.0435. The average molecular weight is 409 g/mol. The molecule has 3 rings (SSSR count). The van der Waals surface area contributed by atoms with Crippen molar-refractivity contribution in [1.82, 2.24) is 9.62 Å². The molecule has 6 nitrogen and oxygen atoms in total. The van der Waals surface area contributed by atoms with Gasteiger partial charge in [0.25, 0.3) is 5.91 Å². The molecule has 0 aliphatic heterocycles. The van der Waals surface area contributed by atoms with Crippen LogP contribution in [0.5, 0.6) is 5.75 Å². The third-order valence-electron chi connectivity index (χ3n) is 4.15. The molecule has 0 saturated heterocycles. The number of amides is 1. The number of nitrogens with one attached hydrogen (secondary N) is 1. The highest BCUT2D eigenvalue weighted by atomic mass is 35.5. The van der Waals surface area contributed by atoms with Crippen molar-refractivity contribution in [1.29, 1.82) is 0 Å². The van der Waals surface area contributed by atoms with E-state index in [-0.39, 0.29) is 16.8 Å². The maximum atomic E-state index is 12.5. The first-order valence-corrected chi connectivity index (χ1v) is 10.5. The van der Waals surface area contributed by atoms with Crippen LogP contribution in [0.1, 0.15) is 23.2 Å². The standard InChI is InChI=1S/C19H21ClN2O4S/c1-22(11-12-26-17-4-2-3-15(20)13-17)19(23)14-5-9-18(10-6-14)27(24,25)21-16-7-8-16/h2-6,9-10,13,16,21H,7-8,11-12H2,1H3. The Balaban J connectivity index is 1.54. The Kier molecular flexibility index (Phi) is 6.04. The number of rotatable bonds is 8. The summed E-state index contributed by atoms with van der Waals surface area (Å²) in [5.74, 6) is 0.435. The zero-order valence-electron chi connectivity index (χ0n) is 14.9. The van der Waals surface area contributed by atoms with Gasteiger partial charge in [-0.3, -0.25) is 4.79 Å². The molecule has 27 heavy (non-hydrogen) atoms. The number of nitrogens with zero attached hydrogens (tertiary/aromatic N) is 1. The van der Waals surface area contributed by atoms with Crippen LogP contribution in [0.3, 0.4) is 0 Å². The molecule has 2 aromatic carbocycles. The molecule has 0 aromatic heterocycles. The van der Waals surface area contributed by atoms with Crippen molar-refractivity contribution in [2.45, 2.75) is 23.8 Å². The van der Waals surface area contributed by atoms with Gasteiger partial charge in [-0.05, 0) is 55.3 Å². The highest BCUT2D eigenvalue weighted by molar-refractivity contribution is 7.89. The van der Waals surface area contributed by atoms with Crippen LogP contribution >= 0.6 is 11.6 Å². The fraction of sp³-hybridized carbons (Fsp3) is 0.316. The van der Waals surface area contributed by atoms with E-state index in [1.165, 1.54) is 29.2 Å². The van der Waals surface area contributed by atoms with Gasteiger partial charge in [0.05, 0.1) is 11.4 Å². The SMILES string of the molecule is CN(CCOc1cccc(Cl)c1)C(=O)c1ccc(S(=O)(=O)NC2CC2)cc1. The smallest absolute Gasteiger partial charge is 0.253 e. The molecule has 1 amide bonds. The molecule has 8 heteroatoms. The number of likely N-dealkylation sites (N-methyl/N-ethyl adjacent to an activating group) is 1.